The molecule has 0 radical (unpaired) electrons. The second-order valence-corrected chi connectivity index (χ2v) is 8.76. The molecule has 3 aromatic carbocycles. The van der Waals surface area contributed by atoms with Gasteiger partial charge in [0, 0.05) is 31.7 Å². The van der Waals surface area contributed by atoms with Crippen molar-refractivity contribution in [3.05, 3.63) is 70.7 Å². The van der Waals surface area contributed by atoms with E-state index in [1.165, 1.54) is 0 Å². The third-order valence-corrected chi connectivity index (χ3v) is 7.10. The number of halogens is 1. The molecule has 4 aromatic rings. The van der Waals surface area contributed by atoms with Gasteiger partial charge in [-0.05, 0) is 41.5 Å². The van der Waals surface area contributed by atoms with Crippen LogP contribution in [-0.4, -0.2) is 42.0 Å². The summed E-state index contributed by atoms with van der Waals surface area (Å²) in [6.07, 6.45) is 0. The SMILES string of the molecule is Cc1ccc(Cl)c2sc(N3CCN(C(=O)c4ccc5ccccc5c4)CC3)nc12. The van der Waals surface area contributed by atoms with Gasteiger partial charge >= 0.3 is 0 Å². The maximum atomic E-state index is 13.0. The lowest BCUT2D eigenvalue weighted by Gasteiger charge is -2.34. The standard InChI is InChI=1S/C23H20ClN3OS/c1-15-6-9-19(24)21-20(15)25-23(29-21)27-12-10-26(11-13-27)22(28)18-8-7-16-4-2-3-5-17(16)14-18/h2-9,14H,10-13H2,1H3. The molecule has 2 heterocycles. The van der Waals surface area contributed by atoms with E-state index in [1.807, 2.05) is 53.4 Å². The molecule has 0 atom stereocenters. The van der Waals surface area contributed by atoms with Crippen molar-refractivity contribution in [1.82, 2.24) is 9.88 Å². The molecule has 29 heavy (non-hydrogen) atoms. The third kappa shape index (κ3) is 3.34. The van der Waals surface area contributed by atoms with Crippen LogP contribution in [-0.2, 0) is 0 Å². The van der Waals surface area contributed by atoms with Gasteiger partial charge in [0.05, 0.1) is 15.2 Å². The van der Waals surface area contributed by atoms with Gasteiger partial charge in [0.1, 0.15) is 0 Å². The van der Waals surface area contributed by atoms with E-state index in [1.54, 1.807) is 11.3 Å². The fourth-order valence-electron chi connectivity index (χ4n) is 3.83. The van der Waals surface area contributed by atoms with Crippen molar-refractivity contribution in [3.63, 3.8) is 0 Å². The van der Waals surface area contributed by atoms with Gasteiger partial charge in [0.2, 0.25) is 0 Å². The van der Waals surface area contributed by atoms with Crippen LogP contribution >= 0.6 is 22.9 Å². The van der Waals surface area contributed by atoms with E-state index in [-0.39, 0.29) is 5.91 Å². The Morgan fingerprint density at radius 1 is 1.00 bits per heavy atom. The summed E-state index contributed by atoms with van der Waals surface area (Å²) in [7, 11) is 0. The lowest BCUT2D eigenvalue weighted by Crippen LogP contribution is -2.48. The highest BCUT2D eigenvalue weighted by Crippen LogP contribution is 2.35. The molecule has 5 rings (SSSR count). The van der Waals surface area contributed by atoms with Gasteiger partial charge in [0.15, 0.2) is 5.13 Å². The number of thiazole rings is 1. The number of carbonyl (C=O) groups is 1. The largest absolute Gasteiger partial charge is 0.345 e. The number of amides is 1. The van der Waals surface area contributed by atoms with Crippen molar-refractivity contribution in [2.24, 2.45) is 0 Å². The number of fused-ring (bicyclic) bond motifs is 2. The molecule has 0 saturated carbocycles. The molecule has 0 aliphatic carbocycles. The van der Waals surface area contributed by atoms with Crippen LogP contribution in [0.25, 0.3) is 21.0 Å². The number of carbonyl (C=O) groups excluding carboxylic acids is 1. The Labute approximate surface area is 178 Å². The quantitative estimate of drug-likeness (QED) is 0.436. The fourth-order valence-corrected chi connectivity index (χ4v) is 5.20. The predicted octanol–water partition coefficient (Wildman–Crippen LogP) is 5.37. The number of piperazine rings is 1. The number of anilines is 1. The second-order valence-electron chi connectivity index (χ2n) is 7.38. The third-order valence-electron chi connectivity index (χ3n) is 5.52. The maximum Gasteiger partial charge on any atom is 0.253 e. The molecule has 1 aliphatic heterocycles. The van der Waals surface area contributed by atoms with E-state index in [4.69, 9.17) is 16.6 Å². The van der Waals surface area contributed by atoms with Crippen molar-refractivity contribution < 1.29 is 4.79 Å². The van der Waals surface area contributed by atoms with E-state index in [2.05, 4.69) is 17.9 Å². The first-order valence-corrected chi connectivity index (χ1v) is 10.9. The average Bonchev–Trinajstić information content (AvgIpc) is 3.23. The molecule has 6 heteroatoms. The Hall–Kier alpha value is -2.63. The zero-order valence-corrected chi connectivity index (χ0v) is 17.6. The van der Waals surface area contributed by atoms with Crippen LogP contribution in [0.4, 0.5) is 5.13 Å². The Morgan fingerprint density at radius 2 is 1.76 bits per heavy atom. The highest BCUT2D eigenvalue weighted by atomic mass is 35.5. The summed E-state index contributed by atoms with van der Waals surface area (Å²) in [5.74, 6) is 0.0959. The van der Waals surface area contributed by atoms with Crippen molar-refractivity contribution in [1.29, 1.82) is 0 Å². The van der Waals surface area contributed by atoms with Gasteiger partial charge < -0.3 is 9.80 Å². The fraction of sp³-hybridized carbons (Fsp3) is 0.217. The zero-order valence-electron chi connectivity index (χ0n) is 16.1. The van der Waals surface area contributed by atoms with Gasteiger partial charge in [-0.2, -0.15) is 0 Å². The summed E-state index contributed by atoms with van der Waals surface area (Å²) in [4.78, 5) is 22.0. The predicted molar refractivity (Wildman–Crippen MR) is 121 cm³/mol. The number of aromatic nitrogens is 1. The van der Waals surface area contributed by atoms with E-state index in [9.17, 15) is 4.79 Å². The van der Waals surface area contributed by atoms with Crippen molar-refractivity contribution in [2.45, 2.75) is 6.92 Å². The smallest absolute Gasteiger partial charge is 0.253 e. The minimum atomic E-state index is 0.0959. The Morgan fingerprint density at radius 3 is 2.52 bits per heavy atom. The van der Waals surface area contributed by atoms with Crippen LogP contribution in [0.1, 0.15) is 15.9 Å². The molecule has 0 spiro atoms. The number of aryl methyl sites for hydroxylation is 1. The number of nitrogens with zero attached hydrogens (tertiary/aromatic N) is 3. The minimum absolute atomic E-state index is 0.0959. The zero-order chi connectivity index (χ0) is 20.0. The monoisotopic (exact) mass is 421 g/mol. The van der Waals surface area contributed by atoms with Crippen molar-refractivity contribution in [2.75, 3.05) is 31.1 Å². The lowest BCUT2D eigenvalue weighted by atomic mass is 10.1. The van der Waals surface area contributed by atoms with Crippen LogP contribution in [0.5, 0.6) is 0 Å². The molecule has 1 aliphatic rings. The molecule has 1 fully saturated rings. The van der Waals surface area contributed by atoms with Crippen molar-refractivity contribution >= 4 is 55.0 Å². The first-order valence-electron chi connectivity index (χ1n) is 9.69. The van der Waals surface area contributed by atoms with Gasteiger partial charge in [0.25, 0.3) is 5.91 Å². The van der Waals surface area contributed by atoms with Crippen LogP contribution in [0.3, 0.4) is 0 Å². The Bertz CT molecular complexity index is 1190. The van der Waals surface area contributed by atoms with Gasteiger partial charge in [-0.1, -0.05) is 59.3 Å². The Kier molecular flexibility index (Phi) is 4.64. The second kappa shape index (κ2) is 7.32. The molecule has 4 nitrogen and oxygen atoms in total. The first-order chi connectivity index (χ1) is 14.1. The summed E-state index contributed by atoms with van der Waals surface area (Å²) < 4.78 is 1.04. The summed E-state index contributed by atoms with van der Waals surface area (Å²) in [6, 6.07) is 18.0. The maximum absolute atomic E-state index is 13.0. The summed E-state index contributed by atoms with van der Waals surface area (Å²) in [5, 5.41) is 3.98. The van der Waals surface area contributed by atoms with Crippen LogP contribution in [0, 0.1) is 6.92 Å². The van der Waals surface area contributed by atoms with E-state index in [0.29, 0.717) is 13.1 Å². The van der Waals surface area contributed by atoms with Crippen LogP contribution in [0.15, 0.2) is 54.6 Å². The molecule has 146 valence electrons. The van der Waals surface area contributed by atoms with Crippen molar-refractivity contribution in [3.8, 4) is 0 Å². The molecule has 0 N–H and O–H groups in total. The summed E-state index contributed by atoms with van der Waals surface area (Å²) in [5.41, 5.74) is 2.86. The summed E-state index contributed by atoms with van der Waals surface area (Å²) in [6.45, 7) is 4.98. The van der Waals surface area contributed by atoms with E-state index in [0.717, 1.165) is 55.4 Å². The van der Waals surface area contributed by atoms with Crippen LogP contribution in [0.2, 0.25) is 5.02 Å². The molecule has 1 aromatic heterocycles. The lowest BCUT2D eigenvalue weighted by molar-refractivity contribution is 0.0747. The number of hydrogen-bond acceptors (Lipinski definition) is 4. The minimum Gasteiger partial charge on any atom is -0.345 e. The topological polar surface area (TPSA) is 36.4 Å². The summed E-state index contributed by atoms with van der Waals surface area (Å²) >= 11 is 7.99. The normalized spacial score (nSPS) is 14.7. The van der Waals surface area contributed by atoms with Gasteiger partial charge in [-0.3, -0.25) is 4.79 Å². The van der Waals surface area contributed by atoms with Crippen LogP contribution < -0.4 is 4.90 Å². The molecule has 0 bridgehead atoms. The molecule has 0 unspecified atom stereocenters. The van der Waals surface area contributed by atoms with Gasteiger partial charge in [-0.25, -0.2) is 4.98 Å². The molecular weight excluding hydrogens is 402 g/mol. The molecule has 1 saturated heterocycles. The van der Waals surface area contributed by atoms with E-state index >= 15 is 0 Å². The Balaban J connectivity index is 1.32. The number of rotatable bonds is 2. The van der Waals surface area contributed by atoms with Gasteiger partial charge in [-0.15, -0.1) is 0 Å². The number of benzene rings is 3. The number of hydrogen-bond donors (Lipinski definition) is 0. The molecule has 1 amide bonds. The van der Waals surface area contributed by atoms with E-state index < -0.39 is 0 Å². The highest BCUT2D eigenvalue weighted by molar-refractivity contribution is 7.22. The molecular formula is C23H20ClN3OS. The average molecular weight is 422 g/mol. The highest BCUT2D eigenvalue weighted by Gasteiger charge is 2.24. The first kappa shape index (κ1) is 18.4.